The summed E-state index contributed by atoms with van der Waals surface area (Å²) in [6.07, 6.45) is -4.57. The molecule has 1 atom stereocenters. The van der Waals surface area contributed by atoms with Gasteiger partial charge in [0.2, 0.25) is 11.9 Å². The number of halogens is 3. The predicted molar refractivity (Wildman–Crippen MR) is 74.3 cm³/mol. The smallest absolute Gasteiger partial charge is 0.416 e. The molecule has 0 saturated heterocycles. The van der Waals surface area contributed by atoms with E-state index in [1.807, 2.05) is 0 Å². The molecule has 0 saturated carbocycles. The Morgan fingerprint density at radius 3 is 2.43 bits per heavy atom. The van der Waals surface area contributed by atoms with Gasteiger partial charge < -0.3 is 15.4 Å². The molecule has 1 rings (SSSR count). The first-order valence-electron chi connectivity index (χ1n) is 6.57. The number of anilines is 1. The third-order valence-corrected chi connectivity index (χ3v) is 2.59. The largest absolute Gasteiger partial charge is 0.464 e. The lowest BCUT2D eigenvalue weighted by Gasteiger charge is -2.16. The van der Waals surface area contributed by atoms with E-state index in [-0.39, 0.29) is 12.3 Å². The van der Waals surface area contributed by atoms with Crippen LogP contribution in [0.15, 0.2) is 24.3 Å². The van der Waals surface area contributed by atoms with Crippen LogP contribution >= 0.6 is 0 Å². The van der Waals surface area contributed by atoms with Crippen molar-refractivity contribution in [1.29, 1.82) is 0 Å². The number of carbonyl (C=O) groups is 3. The Morgan fingerprint density at radius 2 is 1.91 bits per heavy atom. The number of rotatable bonds is 5. The molecule has 0 bridgehead atoms. The van der Waals surface area contributed by atoms with E-state index in [9.17, 15) is 27.6 Å². The van der Waals surface area contributed by atoms with Gasteiger partial charge in [0.25, 0.3) is 5.91 Å². The van der Waals surface area contributed by atoms with Crippen molar-refractivity contribution >= 4 is 23.5 Å². The fourth-order valence-electron chi connectivity index (χ4n) is 1.65. The van der Waals surface area contributed by atoms with Crippen LogP contribution in [0.1, 0.15) is 19.4 Å². The minimum absolute atomic E-state index is 0.0221. The van der Waals surface area contributed by atoms with E-state index in [1.165, 1.54) is 13.0 Å². The minimum atomic E-state index is -4.57. The number of esters is 1. The van der Waals surface area contributed by atoms with E-state index in [2.05, 4.69) is 15.4 Å². The number of benzene rings is 1. The van der Waals surface area contributed by atoms with Gasteiger partial charge in [0.15, 0.2) is 0 Å². The standard InChI is InChI=1S/C14H15F3N2O4/c1-3-23-13(22)11(18-8(2)20)12(21)19-10-6-4-5-9(7-10)14(15,16)17/h4-7,11H,3H2,1-2H3,(H,18,20)(H,19,21). The normalized spacial score (nSPS) is 12.2. The fourth-order valence-corrected chi connectivity index (χ4v) is 1.65. The van der Waals surface area contributed by atoms with Crippen molar-refractivity contribution in [3.63, 3.8) is 0 Å². The van der Waals surface area contributed by atoms with Gasteiger partial charge in [-0.3, -0.25) is 9.59 Å². The van der Waals surface area contributed by atoms with E-state index in [4.69, 9.17) is 0 Å². The summed E-state index contributed by atoms with van der Waals surface area (Å²) >= 11 is 0. The number of nitrogens with one attached hydrogen (secondary N) is 2. The molecule has 126 valence electrons. The van der Waals surface area contributed by atoms with Crippen LogP contribution in [0.2, 0.25) is 0 Å². The van der Waals surface area contributed by atoms with Crippen molar-refractivity contribution in [3.05, 3.63) is 29.8 Å². The fraction of sp³-hybridized carbons (Fsp3) is 0.357. The molecule has 6 nitrogen and oxygen atoms in total. The molecule has 2 N–H and O–H groups in total. The molecule has 2 amide bonds. The molecule has 0 aliphatic heterocycles. The van der Waals surface area contributed by atoms with Crippen molar-refractivity contribution in [3.8, 4) is 0 Å². The second-order valence-corrected chi connectivity index (χ2v) is 4.45. The lowest BCUT2D eigenvalue weighted by molar-refractivity contribution is -0.149. The topological polar surface area (TPSA) is 84.5 Å². The van der Waals surface area contributed by atoms with Crippen LogP contribution in [0.4, 0.5) is 18.9 Å². The maximum atomic E-state index is 12.6. The molecule has 0 aliphatic carbocycles. The van der Waals surface area contributed by atoms with Gasteiger partial charge in [0, 0.05) is 12.6 Å². The Balaban J connectivity index is 2.94. The number of hydrogen-bond donors (Lipinski definition) is 2. The van der Waals surface area contributed by atoms with Gasteiger partial charge in [0.1, 0.15) is 0 Å². The molecular formula is C14H15F3N2O4. The van der Waals surface area contributed by atoms with E-state index >= 15 is 0 Å². The number of carbonyl (C=O) groups excluding carboxylic acids is 3. The van der Waals surface area contributed by atoms with Crippen molar-refractivity contribution in [1.82, 2.24) is 5.32 Å². The summed E-state index contributed by atoms with van der Waals surface area (Å²) in [5.74, 6) is -2.67. The van der Waals surface area contributed by atoms with Gasteiger partial charge in [-0.25, -0.2) is 4.79 Å². The van der Waals surface area contributed by atoms with Crippen LogP contribution in [0, 0.1) is 0 Å². The maximum Gasteiger partial charge on any atom is 0.416 e. The highest BCUT2D eigenvalue weighted by Crippen LogP contribution is 2.30. The molecule has 1 unspecified atom stereocenters. The van der Waals surface area contributed by atoms with Gasteiger partial charge >= 0.3 is 12.1 Å². The quantitative estimate of drug-likeness (QED) is 0.635. The summed E-state index contributed by atoms with van der Waals surface area (Å²) in [6, 6.07) is 2.24. The summed E-state index contributed by atoms with van der Waals surface area (Å²) < 4.78 is 42.5. The molecule has 1 aromatic rings. The van der Waals surface area contributed by atoms with E-state index in [0.29, 0.717) is 6.07 Å². The zero-order chi connectivity index (χ0) is 17.6. The Bertz CT molecular complexity index is 602. The van der Waals surface area contributed by atoms with Gasteiger partial charge in [-0.1, -0.05) is 6.07 Å². The highest BCUT2D eigenvalue weighted by atomic mass is 19.4. The average Bonchev–Trinajstić information content (AvgIpc) is 2.44. The highest BCUT2D eigenvalue weighted by Gasteiger charge is 2.32. The second kappa shape index (κ2) is 7.61. The molecule has 0 radical (unpaired) electrons. The first kappa shape index (κ1) is 18.5. The summed E-state index contributed by atoms with van der Waals surface area (Å²) in [7, 11) is 0. The van der Waals surface area contributed by atoms with E-state index < -0.39 is 35.6 Å². The first-order valence-corrected chi connectivity index (χ1v) is 6.57. The van der Waals surface area contributed by atoms with Gasteiger partial charge in [0.05, 0.1) is 12.2 Å². The summed E-state index contributed by atoms with van der Waals surface area (Å²) in [6.45, 7) is 2.57. The molecule has 0 fully saturated rings. The van der Waals surface area contributed by atoms with Crippen molar-refractivity contribution in [2.75, 3.05) is 11.9 Å². The lowest BCUT2D eigenvalue weighted by Crippen LogP contribution is -2.49. The van der Waals surface area contributed by atoms with Gasteiger partial charge in [-0.2, -0.15) is 13.2 Å². The zero-order valence-corrected chi connectivity index (χ0v) is 12.4. The molecule has 0 spiro atoms. The molecule has 0 heterocycles. The first-order chi connectivity index (χ1) is 10.6. The molecule has 0 aromatic heterocycles. The van der Waals surface area contributed by atoms with Crippen molar-refractivity contribution in [2.45, 2.75) is 26.1 Å². The SMILES string of the molecule is CCOC(=O)C(NC(C)=O)C(=O)Nc1cccc(C(F)(F)F)c1. The summed E-state index contributed by atoms with van der Waals surface area (Å²) in [5.41, 5.74) is -1.12. The zero-order valence-electron chi connectivity index (χ0n) is 12.4. The molecule has 1 aromatic carbocycles. The summed E-state index contributed by atoms with van der Waals surface area (Å²) in [5, 5.41) is 4.23. The maximum absolute atomic E-state index is 12.6. The van der Waals surface area contributed by atoms with E-state index in [0.717, 1.165) is 19.1 Å². The Labute approximate surface area is 130 Å². The molecule has 9 heteroatoms. The second-order valence-electron chi connectivity index (χ2n) is 4.45. The minimum Gasteiger partial charge on any atom is -0.464 e. The third kappa shape index (κ3) is 5.61. The van der Waals surface area contributed by atoms with Crippen molar-refractivity contribution < 1.29 is 32.3 Å². The molecule has 23 heavy (non-hydrogen) atoms. The number of alkyl halides is 3. The lowest BCUT2D eigenvalue weighted by atomic mass is 10.2. The van der Waals surface area contributed by atoms with Gasteiger partial charge in [-0.15, -0.1) is 0 Å². The summed E-state index contributed by atoms with van der Waals surface area (Å²) in [4.78, 5) is 34.7. The van der Waals surface area contributed by atoms with Crippen LogP contribution in [0.25, 0.3) is 0 Å². The van der Waals surface area contributed by atoms with Crippen LogP contribution in [0.5, 0.6) is 0 Å². The number of amides is 2. The average molecular weight is 332 g/mol. The Morgan fingerprint density at radius 1 is 1.26 bits per heavy atom. The molecule has 0 aliphatic rings. The van der Waals surface area contributed by atoms with Crippen LogP contribution in [-0.2, 0) is 25.3 Å². The number of hydrogen-bond acceptors (Lipinski definition) is 4. The van der Waals surface area contributed by atoms with Crippen LogP contribution in [0.3, 0.4) is 0 Å². The Kier molecular flexibility index (Phi) is 6.11. The van der Waals surface area contributed by atoms with Crippen molar-refractivity contribution in [2.24, 2.45) is 0 Å². The van der Waals surface area contributed by atoms with Crippen LogP contribution in [-0.4, -0.2) is 30.4 Å². The third-order valence-electron chi connectivity index (χ3n) is 2.59. The monoisotopic (exact) mass is 332 g/mol. The predicted octanol–water partition coefficient (Wildman–Crippen LogP) is 1.71. The molecular weight excluding hydrogens is 317 g/mol. The van der Waals surface area contributed by atoms with Gasteiger partial charge in [-0.05, 0) is 25.1 Å². The number of ether oxygens (including phenoxy) is 1. The van der Waals surface area contributed by atoms with Crippen LogP contribution < -0.4 is 10.6 Å². The Hall–Kier alpha value is -2.58. The highest BCUT2D eigenvalue weighted by molar-refractivity contribution is 6.10. The van der Waals surface area contributed by atoms with E-state index in [1.54, 1.807) is 0 Å².